The highest BCUT2D eigenvalue weighted by atomic mass is 35.5. The molecule has 0 heterocycles. The third kappa shape index (κ3) is 9.13. The Labute approximate surface area is 117 Å². The molecule has 0 fully saturated rings. The van der Waals surface area contributed by atoms with Crippen molar-refractivity contribution in [2.75, 3.05) is 38.0 Å². The van der Waals surface area contributed by atoms with Crippen LogP contribution in [0.5, 0.6) is 0 Å². The number of carbonyl (C=O) groups excluding carboxylic acids is 2. The molecule has 1 amide bonds. The second-order valence-electron chi connectivity index (χ2n) is 3.25. The van der Waals surface area contributed by atoms with E-state index in [0.717, 1.165) is 0 Å². The van der Waals surface area contributed by atoms with Gasteiger partial charge >= 0.3 is 5.97 Å². The number of alkyl halides is 2. The summed E-state index contributed by atoms with van der Waals surface area (Å²) in [5, 5.41) is 2.41. The number of hydrogen-bond donors (Lipinski definition) is 1. The van der Waals surface area contributed by atoms with Crippen LogP contribution in [0.3, 0.4) is 0 Å². The van der Waals surface area contributed by atoms with Crippen molar-refractivity contribution in [1.29, 1.82) is 0 Å². The normalized spacial score (nSPS) is 10.4. The standard InChI is InChI=1S/C11H18Cl2N2O3/c1-2-18-11(17)9-14-10(16)3-6-15(7-4-12)8-5-13/h3,6H,2,4-5,7-9H2,1H3,(H,14,16)/b6-3+. The molecule has 0 rings (SSSR count). The van der Waals surface area contributed by atoms with Gasteiger partial charge in [0.25, 0.3) is 0 Å². The highest BCUT2D eigenvalue weighted by Crippen LogP contribution is 1.93. The van der Waals surface area contributed by atoms with Crippen LogP contribution in [-0.2, 0) is 14.3 Å². The van der Waals surface area contributed by atoms with Crippen molar-refractivity contribution < 1.29 is 14.3 Å². The van der Waals surface area contributed by atoms with Crippen molar-refractivity contribution in [3.8, 4) is 0 Å². The van der Waals surface area contributed by atoms with Crippen LogP contribution in [0.1, 0.15) is 6.92 Å². The van der Waals surface area contributed by atoms with Gasteiger partial charge in [0.2, 0.25) is 5.91 Å². The number of halogens is 2. The second-order valence-corrected chi connectivity index (χ2v) is 4.01. The Morgan fingerprint density at radius 2 is 1.89 bits per heavy atom. The molecule has 7 heteroatoms. The minimum absolute atomic E-state index is 0.137. The van der Waals surface area contributed by atoms with Crippen molar-refractivity contribution >= 4 is 35.1 Å². The van der Waals surface area contributed by atoms with Crippen molar-refractivity contribution in [2.45, 2.75) is 6.92 Å². The maximum absolute atomic E-state index is 11.4. The van der Waals surface area contributed by atoms with Gasteiger partial charge in [0, 0.05) is 37.1 Å². The molecule has 0 bridgehead atoms. The number of hydrogen-bond acceptors (Lipinski definition) is 4. The van der Waals surface area contributed by atoms with E-state index in [0.29, 0.717) is 31.5 Å². The van der Waals surface area contributed by atoms with E-state index in [9.17, 15) is 9.59 Å². The highest BCUT2D eigenvalue weighted by Gasteiger charge is 2.03. The average molecular weight is 297 g/mol. The lowest BCUT2D eigenvalue weighted by Gasteiger charge is -2.16. The molecule has 0 aliphatic carbocycles. The summed E-state index contributed by atoms with van der Waals surface area (Å²) in [4.78, 5) is 24.2. The van der Waals surface area contributed by atoms with Gasteiger partial charge in [-0.3, -0.25) is 9.59 Å². The zero-order chi connectivity index (χ0) is 13.8. The topological polar surface area (TPSA) is 58.6 Å². The lowest BCUT2D eigenvalue weighted by atomic mass is 10.4. The SMILES string of the molecule is CCOC(=O)CNC(=O)/C=C/N(CCCl)CCCl. The van der Waals surface area contributed by atoms with Crippen LogP contribution >= 0.6 is 23.2 Å². The predicted molar refractivity (Wildman–Crippen MR) is 71.8 cm³/mol. The van der Waals surface area contributed by atoms with E-state index < -0.39 is 5.97 Å². The van der Waals surface area contributed by atoms with Gasteiger partial charge < -0.3 is 15.0 Å². The zero-order valence-electron chi connectivity index (χ0n) is 10.3. The summed E-state index contributed by atoms with van der Waals surface area (Å²) in [5.41, 5.74) is 0. The number of nitrogens with one attached hydrogen (secondary N) is 1. The Morgan fingerprint density at radius 1 is 1.28 bits per heavy atom. The minimum Gasteiger partial charge on any atom is -0.465 e. The molecule has 1 N–H and O–H groups in total. The number of nitrogens with zero attached hydrogens (tertiary/aromatic N) is 1. The number of carbonyl (C=O) groups is 2. The Balaban J connectivity index is 3.99. The predicted octanol–water partition coefficient (Wildman–Crippen LogP) is 0.959. The number of amides is 1. The van der Waals surface area contributed by atoms with E-state index in [2.05, 4.69) is 10.1 Å². The molecule has 0 saturated carbocycles. The largest absolute Gasteiger partial charge is 0.465 e. The lowest BCUT2D eigenvalue weighted by molar-refractivity contribution is -0.143. The van der Waals surface area contributed by atoms with Crippen LogP contribution < -0.4 is 5.32 Å². The molecule has 104 valence electrons. The third-order valence-corrected chi connectivity index (χ3v) is 2.23. The van der Waals surface area contributed by atoms with Crippen molar-refractivity contribution in [3.63, 3.8) is 0 Å². The average Bonchev–Trinajstić information content (AvgIpc) is 2.34. The molecule has 18 heavy (non-hydrogen) atoms. The molecule has 0 aromatic heterocycles. The number of esters is 1. The van der Waals surface area contributed by atoms with Crippen LogP contribution in [-0.4, -0.2) is 54.8 Å². The van der Waals surface area contributed by atoms with E-state index in [1.165, 1.54) is 6.08 Å². The molecule has 0 aliphatic heterocycles. The van der Waals surface area contributed by atoms with Crippen LogP contribution in [0.2, 0.25) is 0 Å². The minimum atomic E-state index is -0.461. The summed E-state index contributed by atoms with van der Waals surface area (Å²) in [6, 6.07) is 0. The highest BCUT2D eigenvalue weighted by molar-refractivity contribution is 6.18. The first-order valence-corrected chi connectivity index (χ1v) is 6.68. The van der Waals surface area contributed by atoms with Crippen molar-refractivity contribution in [1.82, 2.24) is 10.2 Å². The summed E-state index contributed by atoms with van der Waals surface area (Å²) in [7, 11) is 0. The van der Waals surface area contributed by atoms with E-state index in [1.807, 2.05) is 4.90 Å². The zero-order valence-corrected chi connectivity index (χ0v) is 11.8. The summed E-state index contributed by atoms with van der Waals surface area (Å²) < 4.78 is 4.67. The molecule has 0 unspecified atom stereocenters. The van der Waals surface area contributed by atoms with Gasteiger partial charge in [-0.1, -0.05) is 0 Å². The van der Waals surface area contributed by atoms with E-state index in [4.69, 9.17) is 23.2 Å². The third-order valence-electron chi connectivity index (χ3n) is 1.89. The van der Waals surface area contributed by atoms with Crippen LogP contribution in [0.4, 0.5) is 0 Å². The molecule has 0 spiro atoms. The fourth-order valence-electron chi connectivity index (χ4n) is 1.08. The molecule has 5 nitrogen and oxygen atoms in total. The Bertz CT molecular complexity index is 279. The maximum atomic E-state index is 11.4. The molecule has 0 aliphatic rings. The molecular weight excluding hydrogens is 279 g/mol. The van der Waals surface area contributed by atoms with Crippen molar-refractivity contribution in [2.24, 2.45) is 0 Å². The van der Waals surface area contributed by atoms with Gasteiger partial charge in [0.1, 0.15) is 6.54 Å². The smallest absolute Gasteiger partial charge is 0.325 e. The van der Waals surface area contributed by atoms with Crippen LogP contribution in [0, 0.1) is 0 Å². The monoisotopic (exact) mass is 296 g/mol. The van der Waals surface area contributed by atoms with E-state index in [-0.39, 0.29) is 12.5 Å². The van der Waals surface area contributed by atoms with Crippen molar-refractivity contribution in [3.05, 3.63) is 12.3 Å². The molecule has 0 saturated heterocycles. The Hall–Kier alpha value is -0.940. The van der Waals surface area contributed by atoms with E-state index >= 15 is 0 Å². The fourth-order valence-corrected chi connectivity index (χ4v) is 1.52. The molecule has 0 atom stereocenters. The van der Waals surface area contributed by atoms with Gasteiger partial charge in [-0.25, -0.2) is 0 Å². The van der Waals surface area contributed by atoms with Gasteiger partial charge in [0.15, 0.2) is 0 Å². The summed E-state index contributed by atoms with van der Waals surface area (Å²) in [6.07, 6.45) is 2.93. The molecular formula is C11H18Cl2N2O3. The molecule has 0 radical (unpaired) electrons. The van der Waals surface area contributed by atoms with Crippen LogP contribution in [0.15, 0.2) is 12.3 Å². The summed E-state index contributed by atoms with van der Waals surface area (Å²) in [6.45, 7) is 3.08. The summed E-state index contributed by atoms with van der Waals surface area (Å²) in [5.74, 6) is 0.0759. The number of ether oxygens (including phenoxy) is 1. The maximum Gasteiger partial charge on any atom is 0.325 e. The van der Waals surface area contributed by atoms with E-state index in [1.54, 1.807) is 13.1 Å². The van der Waals surface area contributed by atoms with Gasteiger partial charge in [-0.05, 0) is 6.92 Å². The lowest BCUT2D eigenvalue weighted by Crippen LogP contribution is -2.30. The quantitative estimate of drug-likeness (QED) is 0.391. The molecule has 0 aromatic carbocycles. The fraction of sp³-hybridized carbons (Fsp3) is 0.636. The number of rotatable bonds is 9. The van der Waals surface area contributed by atoms with Gasteiger partial charge in [-0.2, -0.15) is 0 Å². The first kappa shape index (κ1) is 17.1. The van der Waals surface area contributed by atoms with Crippen LogP contribution in [0.25, 0.3) is 0 Å². The van der Waals surface area contributed by atoms with Gasteiger partial charge in [0.05, 0.1) is 6.61 Å². The van der Waals surface area contributed by atoms with Gasteiger partial charge in [-0.15, -0.1) is 23.2 Å². The first-order chi connectivity index (χ1) is 8.63. The molecule has 0 aromatic rings. The Kier molecular flexibility index (Phi) is 10.6. The Morgan fingerprint density at radius 3 is 2.39 bits per heavy atom. The first-order valence-electron chi connectivity index (χ1n) is 5.61. The summed E-state index contributed by atoms with van der Waals surface area (Å²) >= 11 is 11.2. The second kappa shape index (κ2) is 11.2.